The zero-order valence-electron chi connectivity index (χ0n) is 11.8. The lowest BCUT2D eigenvalue weighted by molar-refractivity contribution is 0.185. The second-order valence-corrected chi connectivity index (χ2v) is 6.55. The average Bonchev–Trinajstić information content (AvgIpc) is 2.95. The molecule has 0 bridgehead atoms. The molecule has 0 saturated carbocycles. The van der Waals surface area contributed by atoms with Gasteiger partial charge in [0.25, 0.3) is 0 Å². The smallest absolute Gasteiger partial charge is 0.162 e. The van der Waals surface area contributed by atoms with Crippen molar-refractivity contribution in [1.29, 1.82) is 0 Å². The van der Waals surface area contributed by atoms with Crippen molar-refractivity contribution >= 4 is 31.9 Å². The van der Waals surface area contributed by atoms with E-state index in [1.54, 1.807) is 0 Å². The molecule has 0 radical (unpaired) electrons. The highest BCUT2D eigenvalue weighted by atomic mass is 79.9. The minimum Gasteiger partial charge on any atom is -0.490 e. The van der Waals surface area contributed by atoms with Gasteiger partial charge in [-0.1, -0.05) is 31.9 Å². The van der Waals surface area contributed by atoms with Crippen molar-refractivity contribution in [3.05, 3.63) is 22.2 Å². The molecule has 5 heteroatoms. The van der Waals surface area contributed by atoms with Gasteiger partial charge in [0.2, 0.25) is 0 Å². The summed E-state index contributed by atoms with van der Waals surface area (Å²) in [4.78, 5) is 0.259. The van der Waals surface area contributed by atoms with Crippen molar-refractivity contribution in [3.63, 3.8) is 0 Å². The maximum Gasteiger partial charge on any atom is 0.162 e. The minimum absolute atomic E-state index is 0.259. The summed E-state index contributed by atoms with van der Waals surface area (Å²) in [5.74, 6) is 2.09. The van der Waals surface area contributed by atoms with Crippen LogP contribution in [0.1, 0.15) is 30.7 Å². The summed E-state index contributed by atoms with van der Waals surface area (Å²) < 4.78 is 17.9. The lowest BCUT2D eigenvalue weighted by Crippen LogP contribution is -2.09. The molecule has 1 aromatic carbocycles. The van der Waals surface area contributed by atoms with Gasteiger partial charge in [-0.15, -0.1) is 0 Å². The fourth-order valence-corrected chi connectivity index (χ4v) is 4.01. The van der Waals surface area contributed by atoms with E-state index in [0.717, 1.165) is 35.6 Å². The predicted molar refractivity (Wildman–Crippen MR) is 87.1 cm³/mol. The predicted octanol–water partition coefficient (Wildman–Crippen LogP) is 4.72. The van der Waals surface area contributed by atoms with Crippen LogP contribution in [0.15, 0.2) is 16.6 Å². The first-order valence-electron chi connectivity index (χ1n) is 6.98. The normalized spacial score (nSPS) is 19.9. The van der Waals surface area contributed by atoms with Crippen LogP contribution in [0, 0.1) is 5.92 Å². The van der Waals surface area contributed by atoms with E-state index < -0.39 is 0 Å². The summed E-state index contributed by atoms with van der Waals surface area (Å²) >= 11 is 7.45. The van der Waals surface area contributed by atoms with E-state index in [1.165, 1.54) is 5.56 Å². The molecular weight excluding hydrogens is 388 g/mol. The standard InChI is InChI=1S/C15H20Br2O3/c1-3-19-13-7-11(12(16)8-14(13)20-4-2)15(17)10-5-6-18-9-10/h7-8,10,15H,3-6,9H2,1-2H3. The fourth-order valence-electron chi connectivity index (χ4n) is 2.34. The largest absolute Gasteiger partial charge is 0.490 e. The Labute approximate surface area is 137 Å². The Balaban J connectivity index is 2.29. The molecule has 20 heavy (non-hydrogen) atoms. The van der Waals surface area contributed by atoms with Gasteiger partial charge < -0.3 is 14.2 Å². The maximum atomic E-state index is 5.70. The van der Waals surface area contributed by atoms with E-state index in [1.807, 2.05) is 19.9 Å². The van der Waals surface area contributed by atoms with Crippen LogP contribution < -0.4 is 9.47 Å². The van der Waals surface area contributed by atoms with Gasteiger partial charge in [0.05, 0.1) is 19.8 Å². The fraction of sp³-hybridized carbons (Fsp3) is 0.600. The number of rotatable bonds is 6. The Kier molecular flexibility index (Phi) is 6.18. The van der Waals surface area contributed by atoms with E-state index in [9.17, 15) is 0 Å². The zero-order valence-corrected chi connectivity index (χ0v) is 15.0. The summed E-state index contributed by atoms with van der Waals surface area (Å²) in [6.45, 7) is 6.86. The number of hydrogen-bond donors (Lipinski definition) is 0. The van der Waals surface area contributed by atoms with Crippen molar-refractivity contribution in [2.24, 2.45) is 5.92 Å². The summed E-state index contributed by atoms with van der Waals surface area (Å²) in [7, 11) is 0. The Bertz CT molecular complexity index is 445. The lowest BCUT2D eigenvalue weighted by atomic mass is 9.98. The average molecular weight is 408 g/mol. The van der Waals surface area contributed by atoms with E-state index in [4.69, 9.17) is 14.2 Å². The van der Waals surface area contributed by atoms with E-state index in [0.29, 0.717) is 19.1 Å². The van der Waals surface area contributed by atoms with Crippen molar-refractivity contribution in [1.82, 2.24) is 0 Å². The molecule has 1 saturated heterocycles. The molecule has 0 aromatic heterocycles. The minimum atomic E-state index is 0.259. The quantitative estimate of drug-likeness (QED) is 0.638. The van der Waals surface area contributed by atoms with E-state index in [-0.39, 0.29) is 4.83 Å². The highest BCUT2D eigenvalue weighted by molar-refractivity contribution is 9.11. The second-order valence-electron chi connectivity index (χ2n) is 4.71. The molecule has 1 aliphatic heterocycles. The Morgan fingerprint density at radius 1 is 1.25 bits per heavy atom. The van der Waals surface area contributed by atoms with E-state index in [2.05, 4.69) is 37.9 Å². The first-order valence-corrected chi connectivity index (χ1v) is 8.69. The second kappa shape index (κ2) is 7.66. The first kappa shape index (κ1) is 16.1. The van der Waals surface area contributed by atoms with Crippen LogP contribution in [0.3, 0.4) is 0 Å². The van der Waals surface area contributed by atoms with Crippen LogP contribution in [0.5, 0.6) is 11.5 Å². The third-order valence-electron chi connectivity index (χ3n) is 3.34. The summed E-state index contributed by atoms with van der Waals surface area (Å²) in [5, 5.41) is 0. The molecule has 1 heterocycles. The molecule has 0 amide bonds. The molecule has 0 spiro atoms. The van der Waals surface area contributed by atoms with Gasteiger partial charge in [-0.3, -0.25) is 0 Å². The Morgan fingerprint density at radius 2 is 1.90 bits per heavy atom. The molecule has 1 aliphatic rings. The third-order valence-corrected chi connectivity index (χ3v) is 5.27. The van der Waals surface area contributed by atoms with Crippen LogP contribution in [0.25, 0.3) is 0 Å². The number of hydrogen-bond acceptors (Lipinski definition) is 3. The molecule has 3 nitrogen and oxygen atoms in total. The lowest BCUT2D eigenvalue weighted by Gasteiger charge is -2.20. The van der Waals surface area contributed by atoms with Crippen LogP contribution >= 0.6 is 31.9 Å². The van der Waals surface area contributed by atoms with Gasteiger partial charge in [-0.05, 0) is 38.0 Å². The van der Waals surface area contributed by atoms with Gasteiger partial charge >= 0.3 is 0 Å². The molecule has 0 N–H and O–H groups in total. The van der Waals surface area contributed by atoms with Crippen LogP contribution in [0.4, 0.5) is 0 Å². The molecular formula is C15H20Br2O3. The molecule has 2 atom stereocenters. The summed E-state index contributed by atoms with van der Waals surface area (Å²) in [6, 6.07) is 4.06. The van der Waals surface area contributed by atoms with Gasteiger partial charge in [0.15, 0.2) is 11.5 Å². The van der Waals surface area contributed by atoms with Gasteiger partial charge in [0.1, 0.15) is 0 Å². The number of benzene rings is 1. The summed E-state index contributed by atoms with van der Waals surface area (Å²) in [6.07, 6.45) is 1.08. The third kappa shape index (κ3) is 3.68. The van der Waals surface area contributed by atoms with Crippen molar-refractivity contribution in [3.8, 4) is 11.5 Å². The SMILES string of the molecule is CCOc1cc(Br)c(C(Br)C2CCOC2)cc1OCC. The Morgan fingerprint density at radius 3 is 2.45 bits per heavy atom. The maximum absolute atomic E-state index is 5.70. The molecule has 1 fully saturated rings. The monoisotopic (exact) mass is 406 g/mol. The van der Waals surface area contributed by atoms with Gasteiger partial charge in [-0.25, -0.2) is 0 Å². The molecule has 2 unspecified atom stereocenters. The van der Waals surface area contributed by atoms with Crippen LogP contribution in [-0.4, -0.2) is 26.4 Å². The molecule has 2 rings (SSSR count). The first-order chi connectivity index (χ1) is 9.67. The molecule has 0 aliphatic carbocycles. The molecule has 1 aromatic rings. The van der Waals surface area contributed by atoms with Crippen molar-refractivity contribution in [2.75, 3.05) is 26.4 Å². The van der Waals surface area contributed by atoms with E-state index >= 15 is 0 Å². The highest BCUT2D eigenvalue weighted by Crippen LogP contribution is 2.43. The van der Waals surface area contributed by atoms with Gasteiger partial charge in [-0.2, -0.15) is 0 Å². The number of halogens is 2. The van der Waals surface area contributed by atoms with Crippen LogP contribution in [0.2, 0.25) is 0 Å². The van der Waals surface area contributed by atoms with Crippen molar-refractivity contribution in [2.45, 2.75) is 25.1 Å². The van der Waals surface area contributed by atoms with Gasteiger partial charge in [0, 0.05) is 21.8 Å². The highest BCUT2D eigenvalue weighted by Gasteiger charge is 2.27. The number of alkyl halides is 1. The van der Waals surface area contributed by atoms with Crippen LogP contribution in [-0.2, 0) is 4.74 Å². The number of ether oxygens (including phenoxy) is 3. The summed E-state index contributed by atoms with van der Waals surface area (Å²) in [5.41, 5.74) is 1.19. The zero-order chi connectivity index (χ0) is 14.5. The van der Waals surface area contributed by atoms with Crippen molar-refractivity contribution < 1.29 is 14.2 Å². The topological polar surface area (TPSA) is 27.7 Å². The molecule has 112 valence electrons. The Hall–Kier alpha value is -0.260.